The van der Waals surface area contributed by atoms with Crippen LogP contribution in [0.2, 0.25) is 5.02 Å². The molecule has 1 saturated carbocycles. The highest BCUT2D eigenvalue weighted by atomic mass is 35.5. The van der Waals surface area contributed by atoms with Crippen LogP contribution in [0.15, 0.2) is 24.3 Å². The van der Waals surface area contributed by atoms with Gasteiger partial charge in [0, 0.05) is 11.1 Å². The zero-order valence-electron chi connectivity index (χ0n) is 12.2. The minimum atomic E-state index is 0.276. The highest BCUT2D eigenvalue weighted by Crippen LogP contribution is 2.46. The summed E-state index contributed by atoms with van der Waals surface area (Å²) in [6, 6.07) is 8.43. The fourth-order valence-corrected chi connectivity index (χ4v) is 3.84. The Labute approximate surface area is 122 Å². The Balaban J connectivity index is 2.07. The first-order chi connectivity index (χ1) is 9.02. The maximum atomic E-state index is 6.60. The van der Waals surface area contributed by atoms with E-state index in [1.54, 1.807) is 0 Å². The van der Waals surface area contributed by atoms with E-state index in [0.717, 1.165) is 17.4 Å². The average molecular weight is 280 g/mol. The quantitative estimate of drug-likeness (QED) is 0.822. The molecule has 0 heterocycles. The lowest BCUT2D eigenvalue weighted by Gasteiger charge is -2.37. The van der Waals surface area contributed by atoms with Crippen molar-refractivity contribution in [3.8, 4) is 0 Å². The van der Waals surface area contributed by atoms with Crippen LogP contribution in [0.25, 0.3) is 0 Å². The summed E-state index contributed by atoms with van der Waals surface area (Å²) >= 11 is 5.94. The van der Waals surface area contributed by atoms with Gasteiger partial charge in [-0.25, -0.2) is 0 Å². The number of benzene rings is 1. The highest BCUT2D eigenvalue weighted by molar-refractivity contribution is 6.30. The molecule has 19 heavy (non-hydrogen) atoms. The molecule has 1 nitrogen and oxygen atoms in total. The van der Waals surface area contributed by atoms with E-state index in [2.05, 4.69) is 26.0 Å². The van der Waals surface area contributed by atoms with Crippen LogP contribution >= 0.6 is 11.6 Å². The van der Waals surface area contributed by atoms with Gasteiger partial charge in [0.15, 0.2) is 0 Å². The van der Waals surface area contributed by atoms with Crippen LogP contribution in [0.5, 0.6) is 0 Å². The fraction of sp³-hybridized carbons (Fsp3) is 0.647. The second-order valence-corrected chi connectivity index (χ2v) is 7.04. The van der Waals surface area contributed by atoms with E-state index in [-0.39, 0.29) is 6.04 Å². The lowest BCUT2D eigenvalue weighted by atomic mass is 9.71. The first kappa shape index (κ1) is 14.9. The van der Waals surface area contributed by atoms with Gasteiger partial charge < -0.3 is 5.73 Å². The number of rotatable bonds is 5. The molecule has 0 amide bonds. The van der Waals surface area contributed by atoms with Gasteiger partial charge >= 0.3 is 0 Å². The molecule has 0 bridgehead atoms. The fourth-order valence-electron chi connectivity index (χ4n) is 3.71. The third-order valence-corrected chi connectivity index (χ3v) is 4.82. The molecule has 0 aromatic heterocycles. The molecule has 1 aliphatic rings. The Bertz CT molecular complexity index is 390. The normalized spacial score (nSPS) is 19.8. The predicted octanol–water partition coefficient (Wildman–Crippen LogP) is 4.82. The highest BCUT2D eigenvalue weighted by Gasteiger charge is 2.39. The third kappa shape index (κ3) is 3.73. The van der Waals surface area contributed by atoms with Gasteiger partial charge in [-0.05, 0) is 54.7 Å². The molecule has 1 aromatic carbocycles. The number of nitrogens with two attached hydrogens (primary N) is 1. The van der Waals surface area contributed by atoms with Crippen LogP contribution in [-0.2, 0) is 6.42 Å². The molecular weight excluding hydrogens is 254 g/mol. The summed E-state index contributed by atoms with van der Waals surface area (Å²) in [5.41, 5.74) is 8.28. The van der Waals surface area contributed by atoms with Gasteiger partial charge in [-0.2, -0.15) is 0 Å². The lowest BCUT2D eigenvalue weighted by Crippen LogP contribution is -2.42. The van der Waals surface area contributed by atoms with Crippen LogP contribution in [0.4, 0.5) is 0 Å². The van der Waals surface area contributed by atoms with Gasteiger partial charge in [0.25, 0.3) is 0 Å². The Morgan fingerprint density at radius 1 is 1.16 bits per heavy atom. The van der Waals surface area contributed by atoms with Crippen LogP contribution in [-0.4, -0.2) is 6.04 Å². The SMILES string of the molecule is CC(C)CC1(C(N)Cc2ccc(Cl)cc2)CCCC1. The summed E-state index contributed by atoms with van der Waals surface area (Å²) in [4.78, 5) is 0. The predicted molar refractivity (Wildman–Crippen MR) is 83.5 cm³/mol. The molecule has 1 aromatic rings. The summed E-state index contributed by atoms with van der Waals surface area (Å²) in [5, 5.41) is 0.801. The maximum absolute atomic E-state index is 6.60. The zero-order chi connectivity index (χ0) is 13.9. The van der Waals surface area contributed by atoms with Crippen molar-refractivity contribution >= 4 is 11.6 Å². The molecule has 1 fully saturated rings. The van der Waals surface area contributed by atoms with E-state index in [4.69, 9.17) is 17.3 Å². The van der Waals surface area contributed by atoms with Crippen molar-refractivity contribution in [3.63, 3.8) is 0 Å². The minimum absolute atomic E-state index is 0.276. The van der Waals surface area contributed by atoms with E-state index in [1.165, 1.54) is 37.7 Å². The number of hydrogen-bond donors (Lipinski definition) is 1. The molecule has 0 radical (unpaired) electrons. The summed E-state index contributed by atoms with van der Waals surface area (Å²) in [6.45, 7) is 4.63. The molecule has 2 heteroatoms. The first-order valence-corrected chi connectivity index (χ1v) is 7.90. The molecular formula is C17H26ClN. The van der Waals surface area contributed by atoms with Crippen LogP contribution in [0.3, 0.4) is 0 Å². The average Bonchev–Trinajstić information content (AvgIpc) is 2.81. The minimum Gasteiger partial charge on any atom is -0.327 e. The Morgan fingerprint density at radius 3 is 2.26 bits per heavy atom. The number of hydrogen-bond acceptors (Lipinski definition) is 1. The standard InChI is InChI=1S/C17H26ClN/c1-13(2)12-17(9-3-4-10-17)16(19)11-14-5-7-15(18)8-6-14/h5-8,13,16H,3-4,9-12,19H2,1-2H3. The molecule has 0 saturated heterocycles. The number of halogens is 1. The molecule has 2 N–H and O–H groups in total. The largest absolute Gasteiger partial charge is 0.327 e. The summed E-state index contributed by atoms with van der Waals surface area (Å²) in [7, 11) is 0. The second kappa shape index (κ2) is 6.28. The van der Waals surface area contributed by atoms with E-state index in [1.807, 2.05) is 12.1 Å². The molecule has 1 unspecified atom stereocenters. The van der Waals surface area contributed by atoms with Gasteiger partial charge in [0.2, 0.25) is 0 Å². The van der Waals surface area contributed by atoms with E-state index < -0.39 is 0 Å². The summed E-state index contributed by atoms with van der Waals surface area (Å²) in [5.74, 6) is 0.731. The zero-order valence-corrected chi connectivity index (χ0v) is 12.9. The smallest absolute Gasteiger partial charge is 0.0406 e. The maximum Gasteiger partial charge on any atom is 0.0406 e. The second-order valence-electron chi connectivity index (χ2n) is 6.60. The molecule has 1 atom stereocenters. The van der Waals surface area contributed by atoms with E-state index >= 15 is 0 Å². The van der Waals surface area contributed by atoms with Crippen molar-refractivity contribution in [2.75, 3.05) is 0 Å². The lowest BCUT2D eigenvalue weighted by molar-refractivity contribution is 0.181. The van der Waals surface area contributed by atoms with Crippen molar-refractivity contribution in [2.45, 2.75) is 58.4 Å². The Hall–Kier alpha value is -0.530. The van der Waals surface area contributed by atoms with Crippen molar-refractivity contribution in [2.24, 2.45) is 17.1 Å². The van der Waals surface area contributed by atoms with Gasteiger partial charge in [0.05, 0.1) is 0 Å². The van der Waals surface area contributed by atoms with Crippen molar-refractivity contribution in [3.05, 3.63) is 34.9 Å². The van der Waals surface area contributed by atoms with Crippen molar-refractivity contribution in [1.82, 2.24) is 0 Å². The Kier molecular flexibility index (Phi) is 4.92. The summed E-state index contributed by atoms with van der Waals surface area (Å²) < 4.78 is 0. The monoisotopic (exact) mass is 279 g/mol. The third-order valence-electron chi connectivity index (χ3n) is 4.57. The van der Waals surface area contributed by atoms with Crippen molar-refractivity contribution in [1.29, 1.82) is 0 Å². The van der Waals surface area contributed by atoms with Gasteiger partial charge in [-0.15, -0.1) is 0 Å². The van der Waals surface area contributed by atoms with Crippen LogP contribution in [0.1, 0.15) is 51.5 Å². The Morgan fingerprint density at radius 2 is 1.74 bits per heavy atom. The molecule has 2 rings (SSSR count). The van der Waals surface area contributed by atoms with Gasteiger partial charge in [0.1, 0.15) is 0 Å². The topological polar surface area (TPSA) is 26.0 Å². The van der Waals surface area contributed by atoms with Crippen LogP contribution in [0, 0.1) is 11.3 Å². The van der Waals surface area contributed by atoms with Gasteiger partial charge in [-0.1, -0.05) is 50.4 Å². The molecule has 106 valence electrons. The summed E-state index contributed by atoms with van der Waals surface area (Å²) in [6.07, 6.45) is 7.55. The molecule has 1 aliphatic carbocycles. The van der Waals surface area contributed by atoms with E-state index in [9.17, 15) is 0 Å². The van der Waals surface area contributed by atoms with Crippen molar-refractivity contribution < 1.29 is 0 Å². The molecule has 0 aliphatic heterocycles. The van der Waals surface area contributed by atoms with Gasteiger partial charge in [-0.3, -0.25) is 0 Å². The van der Waals surface area contributed by atoms with Crippen LogP contribution < -0.4 is 5.73 Å². The molecule has 0 spiro atoms. The first-order valence-electron chi connectivity index (χ1n) is 7.52. The van der Waals surface area contributed by atoms with E-state index in [0.29, 0.717) is 5.41 Å².